The van der Waals surface area contributed by atoms with Crippen molar-refractivity contribution in [3.8, 4) is 0 Å². The van der Waals surface area contributed by atoms with Crippen LogP contribution >= 0.6 is 23.2 Å². The van der Waals surface area contributed by atoms with Crippen molar-refractivity contribution >= 4 is 40.7 Å². The first-order valence-corrected chi connectivity index (χ1v) is 14.4. The van der Waals surface area contributed by atoms with E-state index in [-0.39, 0.29) is 24.4 Å². The lowest BCUT2D eigenvalue weighted by Gasteiger charge is -2.47. The number of rotatable bonds is 8. The monoisotopic (exact) mass is 581 g/mol. The molecular weight excluding hydrogens is 549 g/mol. The summed E-state index contributed by atoms with van der Waals surface area (Å²) in [5, 5.41) is 17.3. The molecule has 2 heterocycles. The van der Waals surface area contributed by atoms with Gasteiger partial charge in [-0.25, -0.2) is 0 Å². The van der Waals surface area contributed by atoms with E-state index in [4.69, 9.17) is 28.2 Å². The minimum Gasteiger partial charge on any atom is -0.345 e. The van der Waals surface area contributed by atoms with E-state index in [0.717, 1.165) is 37.7 Å². The van der Waals surface area contributed by atoms with Gasteiger partial charge in [0.1, 0.15) is 11.4 Å². The molecular formula is C29H33Cl2N7O2. The molecule has 11 heteroatoms. The van der Waals surface area contributed by atoms with E-state index in [9.17, 15) is 9.59 Å². The van der Waals surface area contributed by atoms with E-state index in [2.05, 4.69) is 46.7 Å². The number of nitrogens with one attached hydrogen (secondary N) is 2. The van der Waals surface area contributed by atoms with Crippen LogP contribution in [0.4, 0.5) is 0 Å². The Labute approximate surface area is 243 Å². The van der Waals surface area contributed by atoms with Crippen LogP contribution in [-0.4, -0.2) is 48.7 Å². The predicted octanol–water partition coefficient (Wildman–Crippen LogP) is 5.76. The molecule has 2 unspecified atom stereocenters. The lowest BCUT2D eigenvalue weighted by atomic mass is 9.75. The molecule has 1 fully saturated rings. The SMILES string of the molecule is CCC[C@H](c1ccc(C(=O)NCc2nn[nH]n2)cc1)N1C(=O)C(c2cc(Cl)cc(Cl)c2)=NC12CC(C)CC(C)C2. The summed E-state index contributed by atoms with van der Waals surface area (Å²) in [5.74, 6) is 0.879. The number of carbonyl (C=O) groups is 2. The topological polar surface area (TPSA) is 116 Å². The normalized spacial score (nSPS) is 23.4. The molecule has 9 nitrogen and oxygen atoms in total. The zero-order chi connectivity index (χ0) is 28.4. The Morgan fingerprint density at radius 3 is 2.40 bits per heavy atom. The van der Waals surface area contributed by atoms with Crippen LogP contribution in [-0.2, 0) is 11.3 Å². The van der Waals surface area contributed by atoms with Gasteiger partial charge in [0.15, 0.2) is 5.82 Å². The second kappa shape index (κ2) is 11.7. The van der Waals surface area contributed by atoms with Crippen molar-refractivity contribution in [2.75, 3.05) is 0 Å². The molecule has 1 saturated carbocycles. The largest absolute Gasteiger partial charge is 0.345 e. The van der Waals surface area contributed by atoms with Crippen LogP contribution < -0.4 is 5.32 Å². The molecule has 5 rings (SSSR count). The van der Waals surface area contributed by atoms with Gasteiger partial charge in [-0.05, 0) is 73.4 Å². The summed E-state index contributed by atoms with van der Waals surface area (Å²) in [5.41, 5.74) is 1.87. The fraction of sp³-hybridized carbons (Fsp3) is 0.448. The third-order valence-corrected chi connectivity index (χ3v) is 8.15. The van der Waals surface area contributed by atoms with Crippen LogP contribution in [0.5, 0.6) is 0 Å². The summed E-state index contributed by atoms with van der Waals surface area (Å²) in [6.45, 7) is 6.76. The van der Waals surface area contributed by atoms with Gasteiger partial charge in [-0.15, -0.1) is 10.2 Å². The molecule has 2 aromatic carbocycles. The fourth-order valence-electron chi connectivity index (χ4n) is 6.36. The van der Waals surface area contributed by atoms with Gasteiger partial charge in [0, 0.05) is 21.2 Å². The number of benzene rings is 2. The zero-order valence-electron chi connectivity index (χ0n) is 22.8. The minimum absolute atomic E-state index is 0.111. The zero-order valence-corrected chi connectivity index (χ0v) is 24.3. The van der Waals surface area contributed by atoms with Gasteiger partial charge in [-0.3, -0.25) is 14.6 Å². The number of aromatic nitrogens is 4. The lowest BCUT2D eigenvalue weighted by Crippen LogP contribution is -2.52. The average molecular weight is 583 g/mol. The third kappa shape index (κ3) is 5.76. The molecule has 1 aliphatic heterocycles. The van der Waals surface area contributed by atoms with Crippen LogP contribution in [0, 0.1) is 11.8 Å². The van der Waals surface area contributed by atoms with E-state index in [1.165, 1.54) is 0 Å². The van der Waals surface area contributed by atoms with Crippen LogP contribution in [0.15, 0.2) is 47.5 Å². The van der Waals surface area contributed by atoms with Crippen LogP contribution in [0.2, 0.25) is 10.0 Å². The molecule has 0 radical (unpaired) electrons. The number of H-pyrrole nitrogens is 1. The number of hydrogen-bond acceptors (Lipinski definition) is 6. The number of nitrogens with zero attached hydrogens (tertiary/aromatic N) is 5. The summed E-state index contributed by atoms with van der Waals surface area (Å²) >= 11 is 12.7. The van der Waals surface area contributed by atoms with E-state index in [1.807, 2.05) is 17.0 Å². The minimum atomic E-state index is -0.654. The number of aromatic amines is 1. The van der Waals surface area contributed by atoms with Gasteiger partial charge >= 0.3 is 0 Å². The van der Waals surface area contributed by atoms with Crippen molar-refractivity contribution in [1.29, 1.82) is 0 Å². The Kier molecular flexibility index (Phi) is 8.24. The van der Waals surface area contributed by atoms with Gasteiger partial charge < -0.3 is 10.2 Å². The van der Waals surface area contributed by atoms with Gasteiger partial charge in [0.25, 0.3) is 11.8 Å². The van der Waals surface area contributed by atoms with Gasteiger partial charge in [-0.1, -0.05) is 67.7 Å². The van der Waals surface area contributed by atoms with Crippen LogP contribution in [0.25, 0.3) is 0 Å². The second-order valence-electron chi connectivity index (χ2n) is 11.1. The number of aliphatic imine (C=N–C) groups is 1. The molecule has 2 aliphatic rings. The first-order valence-electron chi connectivity index (χ1n) is 13.7. The maximum Gasteiger partial charge on any atom is 0.275 e. The fourth-order valence-corrected chi connectivity index (χ4v) is 6.88. The van der Waals surface area contributed by atoms with E-state index >= 15 is 0 Å². The highest BCUT2D eigenvalue weighted by atomic mass is 35.5. The van der Waals surface area contributed by atoms with Crippen LogP contribution in [0.3, 0.4) is 0 Å². The van der Waals surface area contributed by atoms with Crippen molar-refractivity contribution in [2.24, 2.45) is 16.8 Å². The quantitative estimate of drug-likeness (QED) is 0.350. The molecule has 1 aromatic heterocycles. The molecule has 1 aliphatic carbocycles. The summed E-state index contributed by atoms with van der Waals surface area (Å²) < 4.78 is 0. The van der Waals surface area contributed by atoms with Crippen molar-refractivity contribution in [1.82, 2.24) is 30.8 Å². The molecule has 2 N–H and O–H groups in total. The number of tetrazole rings is 1. The Morgan fingerprint density at radius 1 is 1.12 bits per heavy atom. The molecule has 3 aromatic rings. The maximum absolute atomic E-state index is 14.3. The van der Waals surface area contributed by atoms with Gasteiger partial charge in [0.05, 0.1) is 12.6 Å². The molecule has 40 heavy (non-hydrogen) atoms. The van der Waals surface area contributed by atoms with Crippen molar-refractivity contribution in [3.63, 3.8) is 0 Å². The Bertz CT molecular complexity index is 1380. The van der Waals surface area contributed by atoms with E-state index in [1.54, 1.807) is 30.3 Å². The number of hydrogen-bond donors (Lipinski definition) is 2. The number of carbonyl (C=O) groups excluding carboxylic acids is 2. The van der Waals surface area contributed by atoms with Gasteiger partial charge in [-0.2, -0.15) is 5.21 Å². The Morgan fingerprint density at radius 2 is 1.80 bits per heavy atom. The third-order valence-electron chi connectivity index (χ3n) is 7.71. The van der Waals surface area contributed by atoms with Crippen molar-refractivity contribution < 1.29 is 9.59 Å². The summed E-state index contributed by atoms with van der Waals surface area (Å²) in [6.07, 6.45) is 4.32. The number of halogens is 2. The Balaban J connectivity index is 1.48. The molecule has 0 saturated heterocycles. The van der Waals surface area contributed by atoms with E-state index < -0.39 is 5.66 Å². The van der Waals surface area contributed by atoms with Crippen LogP contribution in [0.1, 0.15) is 86.2 Å². The first-order chi connectivity index (χ1) is 19.2. The standard InChI is InChI=1S/C29H33Cl2N7O2/c1-4-5-24(19-6-8-20(9-7-19)27(39)32-16-25-34-36-37-35-25)38-28(40)26(21-11-22(30)13-23(31)12-21)33-29(38)14-17(2)10-18(3)15-29/h6-9,11-13,17-18,24H,4-5,10,14-16H2,1-3H3,(H,32,39)(H,34,35,36,37)/t17?,18?,24-,29?/m1/s1. The van der Waals surface area contributed by atoms with Crippen molar-refractivity contribution in [3.05, 3.63) is 75.0 Å². The summed E-state index contributed by atoms with van der Waals surface area (Å²) in [7, 11) is 0. The highest BCUT2D eigenvalue weighted by Crippen LogP contribution is 2.48. The van der Waals surface area contributed by atoms with E-state index in [0.29, 0.717) is 44.5 Å². The number of amides is 2. The molecule has 2 amide bonds. The summed E-state index contributed by atoms with van der Waals surface area (Å²) in [6, 6.07) is 12.4. The lowest BCUT2D eigenvalue weighted by molar-refractivity contribution is -0.134. The van der Waals surface area contributed by atoms with Crippen molar-refractivity contribution in [2.45, 2.75) is 71.1 Å². The molecule has 210 valence electrons. The second-order valence-corrected chi connectivity index (χ2v) is 11.9. The predicted molar refractivity (Wildman–Crippen MR) is 154 cm³/mol. The Hall–Kier alpha value is -3.30. The maximum atomic E-state index is 14.3. The van der Waals surface area contributed by atoms with Gasteiger partial charge in [0.2, 0.25) is 0 Å². The molecule has 0 bridgehead atoms. The molecule has 1 spiro atoms. The highest BCUT2D eigenvalue weighted by Gasteiger charge is 2.53. The smallest absolute Gasteiger partial charge is 0.275 e. The molecule has 3 atom stereocenters. The first kappa shape index (κ1) is 28.2. The summed E-state index contributed by atoms with van der Waals surface area (Å²) in [4.78, 5) is 34.2. The average Bonchev–Trinajstić information content (AvgIpc) is 3.51. The highest BCUT2D eigenvalue weighted by molar-refractivity contribution is 6.47.